The van der Waals surface area contributed by atoms with Crippen LogP contribution in [0.15, 0.2) is 0 Å². The molecule has 1 aromatic rings. The molecule has 0 amide bonds. The molecule has 0 atom stereocenters. The highest BCUT2D eigenvalue weighted by Gasteiger charge is 2.55. The van der Waals surface area contributed by atoms with Crippen LogP contribution >= 0.6 is 7.59 Å². The summed E-state index contributed by atoms with van der Waals surface area (Å²) < 4.78 is 18.6. The van der Waals surface area contributed by atoms with Gasteiger partial charge >= 0.3 is 0 Å². The van der Waals surface area contributed by atoms with Gasteiger partial charge in [-0.25, -0.2) is 14.0 Å². The number of hydrogen-bond donors (Lipinski definition) is 0. The molecule has 7 heterocycles. The maximum atomic E-state index is 12.3. The molecule has 6 aliphatic heterocycles. The van der Waals surface area contributed by atoms with Crippen LogP contribution < -0.4 is 14.7 Å². The normalized spacial score (nSPS) is 26.4. The number of aromatic nitrogens is 3. The molecule has 0 radical (unpaired) electrons. The van der Waals surface area contributed by atoms with Crippen molar-refractivity contribution in [2.75, 3.05) is 93.2 Å². The van der Waals surface area contributed by atoms with Gasteiger partial charge in [-0.15, -0.1) is 0 Å². The highest BCUT2D eigenvalue weighted by Crippen LogP contribution is 2.65. The second-order valence-corrected chi connectivity index (χ2v) is 10.3. The summed E-state index contributed by atoms with van der Waals surface area (Å²) in [6.45, 7) is 12.8. The van der Waals surface area contributed by atoms with Gasteiger partial charge in [0.15, 0.2) is 0 Å². The van der Waals surface area contributed by atoms with E-state index in [2.05, 4.69) is 43.7 Å². The molecule has 0 unspecified atom stereocenters. The first-order chi connectivity index (χ1) is 12.7. The zero-order chi connectivity index (χ0) is 17.3. The summed E-state index contributed by atoms with van der Waals surface area (Å²) >= 11 is 0. The molecule has 6 fully saturated rings. The Morgan fingerprint density at radius 2 is 0.769 bits per heavy atom. The lowest BCUT2D eigenvalue weighted by atomic mass is 10.8. The Hall–Kier alpha value is -1.48. The van der Waals surface area contributed by atoms with Crippen molar-refractivity contribution in [2.45, 2.75) is 0 Å². The van der Waals surface area contributed by atoms with Gasteiger partial charge in [0.05, 0.1) is 0 Å². The first kappa shape index (κ1) is 15.6. The Morgan fingerprint density at radius 3 is 0.962 bits per heavy atom. The topological polar surface area (TPSA) is 73.8 Å². The summed E-state index contributed by atoms with van der Waals surface area (Å²) in [5.41, 5.74) is 0. The molecule has 0 bridgehead atoms. The van der Waals surface area contributed by atoms with Crippen LogP contribution in [0.3, 0.4) is 0 Å². The molecule has 11 heteroatoms. The van der Waals surface area contributed by atoms with Crippen LogP contribution in [0.2, 0.25) is 0 Å². The average Bonchev–Trinajstić information content (AvgIpc) is 3.56. The van der Waals surface area contributed by atoms with Gasteiger partial charge in [-0.3, -0.25) is 4.57 Å². The van der Waals surface area contributed by atoms with Crippen molar-refractivity contribution in [1.29, 1.82) is 0 Å². The third kappa shape index (κ3) is 3.05. The number of nitrogens with zero attached hydrogens (tertiary/aromatic N) is 9. The molecular weight excluding hydrogens is 353 g/mol. The Labute approximate surface area is 152 Å². The number of anilines is 3. The van der Waals surface area contributed by atoms with E-state index in [9.17, 15) is 4.57 Å². The Kier molecular flexibility index (Phi) is 3.30. The van der Waals surface area contributed by atoms with E-state index in [1.54, 1.807) is 0 Å². The Morgan fingerprint density at radius 1 is 0.500 bits per heavy atom. The van der Waals surface area contributed by atoms with Crippen LogP contribution in [0.25, 0.3) is 0 Å². The molecular formula is C15H24N9OP. The summed E-state index contributed by atoms with van der Waals surface area (Å²) in [5, 5.41) is 0. The molecule has 10 nitrogen and oxygen atoms in total. The fourth-order valence-electron chi connectivity index (χ4n) is 2.97. The van der Waals surface area contributed by atoms with Crippen LogP contribution in [0, 0.1) is 0 Å². The van der Waals surface area contributed by atoms with Crippen LogP contribution in [0.4, 0.5) is 17.8 Å². The van der Waals surface area contributed by atoms with Crippen molar-refractivity contribution in [3.63, 3.8) is 0 Å². The van der Waals surface area contributed by atoms with E-state index in [-0.39, 0.29) is 0 Å². The first-order valence-corrected chi connectivity index (χ1v) is 11.2. The van der Waals surface area contributed by atoms with E-state index in [1.807, 2.05) is 0 Å². The van der Waals surface area contributed by atoms with Gasteiger partial charge in [-0.1, -0.05) is 0 Å². The minimum Gasteiger partial charge on any atom is -0.337 e. The minimum atomic E-state index is -2.10. The van der Waals surface area contributed by atoms with Gasteiger partial charge in [0.2, 0.25) is 17.8 Å². The third-order valence-corrected chi connectivity index (χ3v) is 8.58. The van der Waals surface area contributed by atoms with E-state index in [1.165, 1.54) is 0 Å². The summed E-state index contributed by atoms with van der Waals surface area (Å²) in [6.07, 6.45) is 0. The van der Waals surface area contributed by atoms with Gasteiger partial charge < -0.3 is 14.7 Å². The largest absolute Gasteiger partial charge is 0.337 e. The fraction of sp³-hybridized carbons (Fsp3) is 0.800. The maximum absolute atomic E-state index is 12.3. The summed E-state index contributed by atoms with van der Waals surface area (Å²) in [5.74, 6) is 2.57. The second-order valence-electron chi connectivity index (χ2n) is 7.57. The smallest absolute Gasteiger partial charge is 0.287 e. The molecule has 0 N–H and O–H groups in total. The van der Waals surface area contributed by atoms with Crippen molar-refractivity contribution in [1.82, 2.24) is 29.0 Å². The van der Waals surface area contributed by atoms with Gasteiger partial charge in [0.25, 0.3) is 7.59 Å². The predicted molar refractivity (Wildman–Crippen MR) is 98.8 cm³/mol. The van der Waals surface area contributed by atoms with E-state index in [0.717, 1.165) is 96.4 Å². The summed E-state index contributed by atoms with van der Waals surface area (Å²) in [6, 6.07) is 0. The Balaban J connectivity index is 0.000000111. The maximum Gasteiger partial charge on any atom is 0.287 e. The molecule has 0 aliphatic carbocycles. The van der Waals surface area contributed by atoms with E-state index >= 15 is 0 Å². The predicted octanol–water partition coefficient (Wildman–Crippen LogP) is -0.627. The standard InChI is InChI=1S/C9H12N6.C6H12N3OP/c1-2-13(1)7-10-8(14-3-4-14)12-9(11-7)15-5-6-15;10-11(7-1-2-7,8-3-4-8)9-5-6-9/h1-6H2;1-6H2. The van der Waals surface area contributed by atoms with E-state index in [0.29, 0.717) is 0 Å². The molecule has 0 saturated carbocycles. The SMILES string of the molecule is C1CN1c1nc(N2CC2)nc(N2CC2)n1.O=P(N1CC1)(N1CC1)N1CC1. The van der Waals surface area contributed by atoms with Crippen LogP contribution in [-0.2, 0) is 4.57 Å². The molecule has 1 aromatic heterocycles. The molecule has 0 aromatic carbocycles. The highest BCUT2D eigenvalue weighted by atomic mass is 31.2. The third-order valence-electron chi connectivity index (χ3n) is 5.17. The van der Waals surface area contributed by atoms with E-state index < -0.39 is 7.59 Å². The zero-order valence-electron chi connectivity index (χ0n) is 14.9. The fourth-order valence-corrected chi connectivity index (χ4v) is 5.87. The number of hydrogen-bond acceptors (Lipinski definition) is 7. The second kappa shape index (κ2) is 5.51. The summed E-state index contributed by atoms with van der Waals surface area (Å²) in [4.78, 5) is 19.9. The van der Waals surface area contributed by atoms with Crippen LogP contribution in [-0.4, -0.2) is 108 Å². The lowest BCUT2D eigenvalue weighted by Crippen LogP contribution is -2.11. The van der Waals surface area contributed by atoms with Crippen molar-refractivity contribution < 1.29 is 4.57 Å². The molecule has 6 saturated heterocycles. The highest BCUT2D eigenvalue weighted by molar-refractivity contribution is 7.57. The van der Waals surface area contributed by atoms with Gasteiger partial charge in [0, 0.05) is 78.5 Å². The van der Waals surface area contributed by atoms with Crippen LogP contribution in [0.1, 0.15) is 0 Å². The monoisotopic (exact) mass is 377 g/mol. The van der Waals surface area contributed by atoms with Crippen molar-refractivity contribution >= 4 is 25.4 Å². The molecule has 6 aliphatic rings. The van der Waals surface area contributed by atoms with Crippen molar-refractivity contribution in [3.8, 4) is 0 Å². The molecule has 26 heavy (non-hydrogen) atoms. The molecule has 140 valence electrons. The molecule has 7 rings (SSSR count). The Bertz CT molecular complexity index is 654. The van der Waals surface area contributed by atoms with Crippen molar-refractivity contribution in [2.24, 2.45) is 0 Å². The zero-order valence-corrected chi connectivity index (χ0v) is 15.8. The lowest BCUT2D eigenvalue weighted by molar-refractivity contribution is 0.481. The van der Waals surface area contributed by atoms with Crippen LogP contribution in [0.5, 0.6) is 0 Å². The van der Waals surface area contributed by atoms with Gasteiger partial charge in [0.1, 0.15) is 0 Å². The summed E-state index contributed by atoms with van der Waals surface area (Å²) in [7, 11) is -2.10. The quantitative estimate of drug-likeness (QED) is 0.473. The minimum absolute atomic E-state index is 0.855. The van der Waals surface area contributed by atoms with Gasteiger partial charge in [-0.05, 0) is 0 Å². The van der Waals surface area contributed by atoms with Gasteiger partial charge in [-0.2, -0.15) is 15.0 Å². The average molecular weight is 377 g/mol. The van der Waals surface area contributed by atoms with E-state index in [4.69, 9.17) is 0 Å². The first-order valence-electron chi connectivity index (χ1n) is 9.59. The van der Waals surface area contributed by atoms with Crippen molar-refractivity contribution in [3.05, 3.63) is 0 Å². The molecule has 0 spiro atoms. The lowest BCUT2D eigenvalue weighted by Gasteiger charge is -2.20. The number of rotatable bonds is 6.